The number of carbonyl (C=O) groups is 1. The highest BCUT2D eigenvalue weighted by atomic mass is 16.6. The Balaban J connectivity index is 2.15. The van der Waals surface area contributed by atoms with Crippen molar-refractivity contribution in [2.45, 2.75) is 38.8 Å². The SMILES string of the molecule is CC(C)(C)OC(=O)C1NCCc2[nH]ncc21. The van der Waals surface area contributed by atoms with E-state index in [1.165, 1.54) is 0 Å². The lowest BCUT2D eigenvalue weighted by Crippen LogP contribution is -2.38. The normalized spacial score (nSPS) is 20.3. The molecule has 0 spiro atoms. The second-order valence-corrected chi connectivity index (χ2v) is 4.97. The number of rotatable bonds is 1. The van der Waals surface area contributed by atoms with Crippen molar-refractivity contribution in [2.24, 2.45) is 0 Å². The maximum absolute atomic E-state index is 11.9. The van der Waals surface area contributed by atoms with E-state index in [4.69, 9.17) is 4.74 Å². The number of nitrogens with one attached hydrogen (secondary N) is 2. The van der Waals surface area contributed by atoms with E-state index in [1.807, 2.05) is 20.8 Å². The molecule has 0 fully saturated rings. The van der Waals surface area contributed by atoms with Gasteiger partial charge in [0.1, 0.15) is 11.6 Å². The molecule has 0 saturated heterocycles. The molecule has 0 aliphatic carbocycles. The number of hydrogen-bond donors (Lipinski definition) is 2. The number of ether oxygens (including phenoxy) is 1. The van der Waals surface area contributed by atoms with E-state index in [-0.39, 0.29) is 12.0 Å². The molecule has 1 aromatic heterocycles. The van der Waals surface area contributed by atoms with Crippen molar-refractivity contribution in [3.63, 3.8) is 0 Å². The van der Waals surface area contributed by atoms with Crippen LogP contribution >= 0.6 is 0 Å². The number of nitrogens with zero attached hydrogens (tertiary/aromatic N) is 1. The minimum absolute atomic E-state index is 0.241. The fourth-order valence-electron chi connectivity index (χ4n) is 1.79. The maximum Gasteiger partial charge on any atom is 0.328 e. The van der Waals surface area contributed by atoms with Crippen LogP contribution in [0.2, 0.25) is 0 Å². The largest absolute Gasteiger partial charge is 0.459 e. The molecule has 1 aliphatic heterocycles. The zero-order chi connectivity index (χ0) is 11.8. The number of H-pyrrole nitrogens is 1. The fourth-order valence-corrected chi connectivity index (χ4v) is 1.79. The van der Waals surface area contributed by atoms with Crippen molar-refractivity contribution in [3.05, 3.63) is 17.5 Å². The summed E-state index contributed by atoms with van der Waals surface area (Å²) < 4.78 is 5.36. The molecule has 2 heterocycles. The zero-order valence-electron chi connectivity index (χ0n) is 9.83. The molecule has 0 amide bonds. The Kier molecular flexibility index (Phi) is 2.71. The first kappa shape index (κ1) is 11.1. The van der Waals surface area contributed by atoms with Gasteiger partial charge in [0.25, 0.3) is 0 Å². The number of aromatic nitrogens is 2. The number of aromatic amines is 1. The van der Waals surface area contributed by atoms with Crippen molar-refractivity contribution in [2.75, 3.05) is 6.54 Å². The highest BCUT2D eigenvalue weighted by Crippen LogP contribution is 2.23. The summed E-state index contributed by atoms with van der Waals surface area (Å²) in [7, 11) is 0. The molecule has 1 unspecified atom stereocenters. The maximum atomic E-state index is 11.9. The second-order valence-electron chi connectivity index (χ2n) is 4.97. The van der Waals surface area contributed by atoms with Gasteiger partial charge in [0, 0.05) is 24.2 Å². The third-order valence-corrected chi connectivity index (χ3v) is 2.43. The molecule has 0 radical (unpaired) electrons. The van der Waals surface area contributed by atoms with Crippen molar-refractivity contribution >= 4 is 5.97 Å². The molecule has 5 nitrogen and oxygen atoms in total. The van der Waals surface area contributed by atoms with Crippen LogP contribution in [0, 0.1) is 0 Å². The average Bonchev–Trinajstić information content (AvgIpc) is 2.61. The van der Waals surface area contributed by atoms with Gasteiger partial charge in [-0.1, -0.05) is 0 Å². The number of fused-ring (bicyclic) bond motifs is 1. The number of hydrogen-bond acceptors (Lipinski definition) is 4. The zero-order valence-corrected chi connectivity index (χ0v) is 9.83. The third-order valence-electron chi connectivity index (χ3n) is 2.43. The molecule has 0 saturated carbocycles. The highest BCUT2D eigenvalue weighted by molar-refractivity contribution is 5.78. The van der Waals surface area contributed by atoms with Crippen LogP contribution in [-0.4, -0.2) is 28.3 Å². The molecule has 16 heavy (non-hydrogen) atoms. The molecule has 0 aromatic carbocycles. The van der Waals surface area contributed by atoms with Crippen LogP contribution in [0.5, 0.6) is 0 Å². The Hall–Kier alpha value is -1.36. The van der Waals surface area contributed by atoms with Crippen molar-refractivity contribution in [1.29, 1.82) is 0 Å². The van der Waals surface area contributed by atoms with E-state index in [0.717, 1.165) is 24.2 Å². The van der Waals surface area contributed by atoms with E-state index < -0.39 is 5.60 Å². The Labute approximate surface area is 94.6 Å². The Bertz CT molecular complexity index is 392. The third kappa shape index (κ3) is 2.24. The molecule has 88 valence electrons. The summed E-state index contributed by atoms with van der Waals surface area (Å²) >= 11 is 0. The van der Waals surface area contributed by atoms with E-state index in [2.05, 4.69) is 15.5 Å². The predicted octanol–water partition coefficient (Wildman–Crippen LogP) is 0.938. The summed E-state index contributed by atoms with van der Waals surface area (Å²) in [5, 5.41) is 10.0. The Morgan fingerprint density at radius 1 is 1.56 bits per heavy atom. The van der Waals surface area contributed by atoms with Gasteiger partial charge in [0.2, 0.25) is 0 Å². The molecule has 2 rings (SSSR count). The van der Waals surface area contributed by atoms with Gasteiger partial charge in [-0.25, -0.2) is 4.79 Å². The van der Waals surface area contributed by atoms with E-state index in [0.29, 0.717) is 0 Å². The topological polar surface area (TPSA) is 67.0 Å². The van der Waals surface area contributed by atoms with Crippen LogP contribution in [0.15, 0.2) is 6.20 Å². The number of esters is 1. The summed E-state index contributed by atoms with van der Waals surface area (Å²) in [5.41, 5.74) is 1.47. The first-order valence-electron chi connectivity index (χ1n) is 5.46. The lowest BCUT2D eigenvalue weighted by atomic mass is 10.0. The molecule has 1 atom stereocenters. The molecule has 2 N–H and O–H groups in total. The van der Waals surface area contributed by atoms with Gasteiger partial charge < -0.3 is 10.1 Å². The molecule has 1 aliphatic rings. The Morgan fingerprint density at radius 2 is 2.31 bits per heavy atom. The van der Waals surface area contributed by atoms with Crippen LogP contribution in [-0.2, 0) is 16.0 Å². The van der Waals surface area contributed by atoms with Crippen molar-refractivity contribution in [3.8, 4) is 0 Å². The molecule has 1 aromatic rings. The molecule has 0 bridgehead atoms. The minimum atomic E-state index is -0.458. The highest BCUT2D eigenvalue weighted by Gasteiger charge is 2.31. The quantitative estimate of drug-likeness (QED) is 0.695. The minimum Gasteiger partial charge on any atom is -0.459 e. The van der Waals surface area contributed by atoms with Crippen molar-refractivity contribution < 1.29 is 9.53 Å². The smallest absolute Gasteiger partial charge is 0.328 e. The van der Waals surface area contributed by atoms with Gasteiger partial charge in [-0.05, 0) is 20.8 Å². The van der Waals surface area contributed by atoms with Gasteiger partial charge >= 0.3 is 5.97 Å². The molecule has 5 heteroatoms. The molecular formula is C11H17N3O2. The number of carbonyl (C=O) groups excluding carboxylic acids is 1. The van der Waals surface area contributed by atoms with Crippen LogP contribution in [0.1, 0.15) is 38.1 Å². The first-order chi connectivity index (χ1) is 7.47. The predicted molar refractivity (Wildman–Crippen MR) is 58.9 cm³/mol. The van der Waals surface area contributed by atoms with Crippen molar-refractivity contribution in [1.82, 2.24) is 15.5 Å². The van der Waals surface area contributed by atoms with Gasteiger partial charge in [-0.3, -0.25) is 5.10 Å². The lowest BCUT2D eigenvalue weighted by molar-refractivity contribution is -0.157. The fraction of sp³-hybridized carbons (Fsp3) is 0.636. The summed E-state index contributed by atoms with van der Waals surface area (Å²) in [6.07, 6.45) is 2.56. The summed E-state index contributed by atoms with van der Waals surface area (Å²) in [6.45, 7) is 6.36. The average molecular weight is 223 g/mol. The van der Waals surface area contributed by atoms with E-state index in [9.17, 15) is 4.79 Å². The van der Waals surface area contributed by atoms with Gasteiger partial charge in [-0.15, -0.1) is 0 Å². The summed E-state index contributed by atoms with van der Waals surface area (Å²) in [6, 6.07) is -0.387. The summed E-state index contributed by atoms with van der Waals surface area (Å²) in [5.74, 6) is -0.241. The van der Waals surface area contributed by atoms with E-state index >= 15 is 0 Å². The lowest BCUT2D eigenvalue weighted by Gasteiger charge is -2.26. The van der Waals surface area contributed by atoms with Crippen LogP contribution in [0.3, 0.4) is 0 Å². The Morgan fingerprint density at radius 3 is 3.00 bits per heavy atom. The first-order valence-corrected chi connectivity index (χ1v) is 5.46. The summed E-state index contributed by atoms with van der Waals surface area (Å²) in [4.78, 5) is 11.9. The standard InChI is InChI=1S/C11H17N3O2/c1-11(2,3)16-10(15)9-7-6-13-14-8(7)4-5-12-9/h6,9,12H,4-5H2,1-3H3,(H,13,14). The second kappa shape index (κ2) is 3.90. The van der Waals surface area contributed by atoms with Gasteiger partial charge in [0.05, 0.1) is 6.20 Å². The van der Waals surface area contributed by atoms with E-state index in [1.54, 1.807) is 6.20 Å². The van der Waals surface area contributed by atoms with Crippen LogP contribution < -0.4 is 5.32 Å². The monoisotopic (exact) mass is 223 g/mol. The molecular weight excluding hydrogens is 206 g/mol. The van der Waals surface area contributed by atoms with Gasteiger partial charge in [0.15, 0.2) is 0 Å². The van der Waals surface area contributed by atoms with Crippen LogP contribution in [0.4, 0.5) is 0 Å². The van der Waals surface area contributed by atoms with Gasteiger partial charge in [-0.2, -0.15) is 5.10 Å². The van der Waals surface area contributed by atoms with Crippen LogP contribution in [0.25, 0.3) is 0 Å².